The van der Waals surface area contributed by atoms with Crippen molar-refractivity contribution in [1.82, 2.24) is 4.57 Å². The first-order chi connectivity index (χ1) is 9.93. The van der Waals surface area contributed by atoms with E-state index in [0.29, 0.717) is 22.6 Å². The summed E-state index contributed by atoms with van der Waals surface area (Å²) in [5, 5.41) is 12.0. The molecule has 0 aliphatic heterocycles. The highest BCUT2D eigenvalue weighted by Crippen LogP contribution is 2.21. The summed E-state index contributed by atoms with van der Waals surface area (Å²) in [6, 6.07) is 9.24. The van der Waals surface area contributed by atoms with Crippen molar-refractivity contribution in [3.63, 3.8) is 0 Å². The van der Waals surface area contributed by atoms with Crippen LogP contribution in [0.5, 0.6) is 0 Å². The molecule has 0 saturated heterocycles. The number of amides is 1. The van der Waals surface area contributed by atoms with E-state index in [9.17, 15) is 10.1 Å². The number of carbonyl (C=O) groups excluding carboxylic acids is 1. The van der Waals surface area contributed by atoms with Crippen molar-refractivity contribution in [3.05, 3.63) is 47.3 Å². The monoisotopic (exact) mass is 282 g/mol. The SMILES string of the molecule is Cc1cccc(NC(=O)c2cc(N)cn2C(C)C)c1C#N. The zero-order valence-electron chi connectivity index (χ0n) is 12.3. The summed E-state index contributed by atoms with van der Waals surface area (Å²) >= 11 is 0. The summed E-state index contributed by atoms with van der Waals surface area (Å²) in [4.78, 5) is 12.4. The van der Waals surface area contributed by atoms with Crippen molar-refractivity contribution in [3.8, 4) is 6.07 Å². The molecule has 2 aromatic rings. The molecule has 3 N–H and O–H groups in total. The Morgan fingerprint density at radius 1 is 1.43 bits per heavy atom. The van der Waals surface area contributed by atoms with Gasteiger partial charge in [-0.05, 0) is 38.5 Å². The third-order valence-electron chi connectivity index (χ3n) is 3.29. The standard InChI is InChI=1S/C16H18N4O/c1-10(2)20-9-12(18)7-15(20)16(21)19-14-6-4-5-11(3)13(14)8-17/h4-7,9-10H,18H2,1-3H3,(H,19,21). The fraction of sp³-hybridized carbons (Fsp3) is 0.250. The predicted molar refractivity (Wildman–Crippen MR) is 83.1 cm³/mol. The third-order valence-corrected chi connectivity index (χ3v) is 3.29. The van der Waals surface area contributed by atoms with Crippen molar-refractivity contribution < 1.29 is 4.79 Å². The Kier molecular flexibility index (Phi) is 3.99. The van der Waals surface area contributed by atoms with Crippen LogP contribution in [0, 0.1) is 18.3 Å². The number of nitrogens with zero attached hydrogens (tertiary/aromatic N) is 2. The van der Waals surface area contributed by atoms with Gasteiger partial charge in [0.2, 0.25) is 0 Å². The van der Waals surface area contributed by atoms with Gasteiger partial charge in [-0.15, -0.1) is 0 Å². The Bertz CT molecular complexity index is 722. The van der Waals surface area contributed by atoms with Crippen LogP contribution in [0.3, 0.4) is 0 Å². The molecule has 1 amide bonds. The molecule has 108 valence electrons. The van der Waals surface area contributed by atoms with Crippen LogP contribution in [-0.4, -0.2) is 10.5 Å². The van der Waals surface area contributed by atoms with Crippen LogP contribution in [0.25, 0.3) is 0 Å². The van der Waals surface area contributed by atoms with Gasteiger partial charge in [0.15, 0.2) is 0 Å². The molecule has 5 nitrogen and oxygen atoms in total. The number of nitrogens with one attached hydrogen (secondary N) is 1. The fourth-order valence-electron chi connectivity index (χ4n) is 2.22. The normalized spacial score (nSPS) is 10.4. The zero-order valence-corrected chi connectivity index (χ0v) is 12.3. The van der Waals surface area contributed by atoms with Crippen LogP contribution in [0.4, 0.5) is 11.4 Å². The Morgan fingerprint density at radius 3 is 2.76 bits per heavy atom. The van der Waals surface area contributed by atoms with Gasteiger partial charge >= 0.3 is 0 Å². The Labute approximate surface area is 124 Å². The van der Waals surface area contributed by atoms with E-state index in [4.69, 9.17) is 5.73 Å². The molecular weight excluding hydrogens is 264 g/mol. The van der Waals surface area contributed by atoms with Crippen LogP contribution in [0.2, 0.25) is 0 Å². The predicted octanol–water partition coefficient (Wildman–Crippen LogP) is 3.08. The second-order valence-corrected chi connectivity index (χ2v) is 5.22. The molecule has 0 spiro atoms. The molecule has 1 aromatic heterocycles. The molecule has 1 aromatic carbocycles. The summed E-state index contributed by atoms with van der Waals surface area (Å²) in [5.74, 6) is -0.275. The number of hydrogen-bond acceptors (Lipinski definition) is 3. The number of aromatic nitrogens is 1. The van der Waals surface area contributed by atoms with E-state index < -0.39 is 0 Å². The summed E-state index contributed by atoms with van der Waals surface area (Å²) in [6.07, 6.45) is 1.74. The van der Waals surface area contributed by atoms with Gasteiger partial charge in [-0.3, -0.25) is 4.79 Å². The summed E-state index contributed by atoms with van der Waals surface area (Å²) < 4.78 is 1.81. The van der Waals surface area contributed by atoms with Gasteiger partial charge in [0.25, 0.3) is 5.91 Å². The maximum atomic E-state index is 12.4. The van der Waals surface area contributed by atoms with Crippen molar-refractivity contribution in [2.75, 3.05) is 11.1 Å². The van der Waals surface area contributed by atoms with E-state index in [1.165, 1.54) is 0 Å². The summed E-state index contributed by atoms with van der Waals surface area (Å²) in [7, 11) is 0. The largest absolute Gasteiger partial charge is 0.397 e. The third kappa shape index (κ3) is 2.90. The molecule has 0 radical (unpaired) electrons. The number of carbonyl (C=O) groups is 1. The lowest BCUT2D eigenvalue weighted by Crippen LogP contribution is -2.18. The van der Waals surface area contributed by atoms with Gasteiger partial charge in [0, 0.05) is 12.2 Å². The Morgan fingerprint density at radius 2 is 2.14 bits per heavy atom. The highest BCUT2D eigenvalue weighted by Gasteiger charge is 2.16. The molecule has 0 aliphatic carbocycles. The maximum absolute atomic E-state index is 12.4. The molecule has 0 aliphatic rings. The molecule has 1 heterocycles. The number of benzene rings is 1. The van der Waals surface area contributed by atoms with Crippen molar-refractivity contribution in [2.24, 2.45) is 0 Å². The summed E-state index contributed by atoms with van der Waals surface area (Å²) in [6.45, 7) is 5.79. The molecule has 0 fully saturated rings. The molecule has 0 bridgehead atoms. The van der Waals surface area contributed by atoms with Gasteiger partial charge in [-0.1, -0.05) is 12.1 Å². The van der Waals surface area contributed by atoms with Crippen molar-refractivity contribution >= 4 is 17.3 Å². The van der Waals surface area contributed by atoms with Gasteiger partial charge in [0.05, 0.1) is 16.9 Å². The first-order valence-corrected chi connectivity index (χ1v) is 6.72. The van der Waals surface area contributed by atoms with Gasteiger partial charge < -0.3 is 15.6 Å². The lowest BCUT2D eigenvalue weighted by molar-refractivity contribution is 0.101. The average molecular weight is 282 g/mol. The van der Waals surface area contributed by atoms with Crippen LogP contribution in [0.15, 0.2) is 30.5 Å². The number of rotatable bonds is 3. The van der Waals surface area contributed by atoms with E-state index >= 15 is 0 Å². The average Bonchev–Trinajstić information content (AvgIpc) is 2.81. The zero-order chi connectivity index (χ0) is 15.6. The van der Waals surface area contributed by atoms with Gasteiger partial charge in [-0.2, -0.15) is 5.26 Å². The number of aryl methyl sites for hydroxylation is 1. The fourth-order valence-corrected chi connectivity index (χ4v) is 2.22. The Balaban J connectivity index is 2.36. The molecular formula is C16H18N4O. The topological polar surface area (TPSA) is 83.8 Å². The van der Waals surface area contributed by atoms with Crippen molar-refractivity contribution in [1.29, 1.82) is 5.26 Å². The minimum Gasteiger partial charge on any atom is -0.397 e. The first-order valence-electron chi connectivity index (χ1n) is 6.72. The van der Waals surface area contributed by atoms with E-state index in [-0.39, 0.29) is 11.9 Å². The van der Waals surface area contributed by atoms with Gasteiger partial charge in [-0.25, -0.2) is 0 Å². The highest BCUT2D eigenvalue weighted by molar-refractivity contribution is 6.04. The van der Waals surface area contributed by atoms with E-state index in [0.717, 1.165) is 5.56 Å². The van der Waals surface area contributed by atoms with Crippen molar-refractivity contribution in [2.45, 2.75) is 26.8 Å². The van der Waals surface area contributed by atoms with Gasteiger partial charge in [0.1, 0.15) is 11.8 Å². The van der Waals surface area contributed by atoms with Crippen LogP contribution < -0.4 is 11.1 Å². The lowest BCUT2D eigenvalue weighted by Gasteiger charge is -2.13. The Hall–Kier alpha value is -2.74. The summed E-state index contributed by atoms with van der Waals surface area (Å²) in [5.41, 5.74) is 8.61. The van der Waals surface area contributed by atoms with Crippen LogP contribution in [0.1, 0.15) is 41.5 Å². The molecule has 2 rings (SSSR count). The number of nitriles is 1. The smallest absolute Gasteiger partial charge is 0.272 e. The lowest BCUT2D eigenvalue weighted by atomic mass is 10.1. The number of hydrogen-bond donors (Lipinski definition) is 2. The molecule has 0 atom stereocenters. The minimum absolute atomic E-state index is 0.121. The minimum atomic E-state index is -0.275. The molecule has 0 unspecified atom stereocenters. The van der Waals surface area contributed by atoms with Crippen LogP contribution in [-0.2, 0) is 0 Å². The van der Waals surface area contributed by atoms with E-state index in [2.05, 4.69) is 11.4 Å². The number of anilines is 2. The van der Waals surface area contributed by atoms with E-state index in [1.807, 2.05) is 37.5 Å². The first kappa shape index (κ1) is 14.7. The number of nitrogens with two attached hydrogens (primary N) is 1. The number of nitrogen functional groups attached to an aromatic ring is 1. The second kappa shape index (κ2) is 5.71. The molecule has 21 heavy (non-hydrogen) atoms. The highest BCUT2D eigenvalue weighted by atomic mass is 16.1. The second-order valence-electron chi connectivity index (χ2n) is 5.22. The quantitative estimate of drug-likeness (QED) is 0.907. The molecule has 5 heteroatoms. The molecule has 0 saturated carbocycles. The maximum Gasteiger partial charge on any atom is 0.272 e. The van der Waals surface area contributed by atoms with Crippen LogP contribution >= 0.6 is 0 Å². The van der Waals surface area contributed by atoms with E-state index in [1.54, 1.807) is 18.3 Å².